The lowest BCUT2D eigenvalue weighted by atomic mass is 10.1. The largest absolute Gasteiger partial charge is 0.493 e. The predicted molar refractivity (Wildman–Crippen MR) is 139 cm³/mol. The molecule has 36 heavy (non-hydrogen) atoms. The zero-order chi connectivity index (χ0) is 25.5. The minimum absolute atomic E-state index is 0.107. The van der Waals surface area contributed by atoms with Crippen molar-refractivity contribution in [1.29, 1.82) is 0 Å². The summed E-state index contributed by atoms with van der Waals surface area (Å²) >= 11 is 1.45. The van der Waals surface area contributed by atoms with Gasteiger partial charge in [0.2, 0.25) is 5.91 Å². The van der Waals surface area contributed by atoms with Gasteiger partial charge in [-0.15, -0.1) is 11.3 Å². The Bertz CT molecular complexity index is 1290. The Morgan fingerprint density at radius 3 is 2.58 bits per heavy atom. The summed E-state index contributed by atoms with van der Waals surface area (Å²) in [5.74, 6) is 0.132. The molecule has 0 atom stereocenters. The van der Waals surface area contributed by atoms with E-state index in [0.29, 0.717) is 30.0 Å². The molecule has 2 N–H and O–H groups in total. The van der Waals surface area contributed by atoms with Crippen molar-refractivity contribution < 1.29 is 23.9 Å². The summed E-state index contributed by atoms with van der Waals surface area (Å²) in [5, 5.41) is 7.49. The first kappa shape index (κ1) is 25.0. The van der Waals surface area contributed by atoms with Crippen LogP contribution in [0.4, 0.5) is 5.69 Å². The number of carbonyl (C=O) groups excluding carboxylic acids is 3. The Morgan fingerprint density at radius 2 is 1.89 bits per heavy atom. The van der Waals surface area contributed by atoms with E-state index in [1.54, 1.807) is 29.2 Å². The molecule has 1 aliphatic heterocycles. The number of rotatable bonds is 9. The van der Waals surface area contributed by atoms with E-state index in [1.165, 1.54) is 25.6 Å². The number of carbonyl (C=O) groups is 3. The smallest absolute Gasteiger partial charge is 0.268 e. The molecule has 9 heteroatoms. The summed E-state index contributed by atoms with van der Waals surface area (Å²) in [7, 11) is 3.01. The summed E-state index contributed by atoms with van der Waals surface area (Å²) in [6.45, 7) is 0.938. The Kier molecular flexibility index (Phi) is 8.02. The number of nitrogens with zero attached hydrogens (tertiary/aromatic N) is 1. The van der Waals surface area contributed by atoms with E-state index in [0.717, 1.165) is 22.5 Å². The lowest BCUT2D eigenvalue weighted by Gasteiger charge is -2.17. The van der Waals surface area contributed by atoms with Gasteiger partial charge in [0, 0.05) is 35.6 Å². The highest BCUT2D eigenvalue weighted by Gasteiger charge is 2.22. The number of amides is 3. The standard InChI is InChI=1S/C27H27N3O5S/c1-34-23-11-10-19(15-24(23)35-2)26(32)29-22(16-21-8-5-13-36-21)27(33)28-17-18-6-3-7-20(14-18)30-12-4-9-25(30)31/h3,5-8,10-11,13-16H,4,9,12,17H2,1-2H3,(H,28,33)(H,29,32)/b22-16-. The molecule has 186 valence electrons. The zero-order valence-electron chi connectivity index (χ0n) is 20.1. The SMILES string of the molecule is COc1ccc(C(=O)N/C(=C\c2cccs2)C(=O)NCc2cccc(N3CCCC3=O)c2)cc1OC. The van der Waals surface area contributed by atoms with Crippen molar-refractivity contribution in [2.75, 3.05) is 25.7 Å². The summed E-state index contributed by atoms with van der Waals surface area (Å²) in [4.78, 5) is 40.8. The Labute approximate surface area is 213 Å². The molecule has 0 spiro atoms. The summed E-state index contributed by atoms with van der Waals surface area (Å²) in [5.41, 5.74) is 2.10. The number of ether oxygens (including phenoxy) is 2. The van der Waals surface area contributed by atoms with Crippen LogP contribution in [-0.2, 0) is 16.1 Å². The van der Waals surface area contributed by atoms with Crippen LogP contribution >= 0.6 is 11.3 Å². The number of thiophene rings is 1. The average Bonchev–Trinajstić information content (AvgIpc) is 3.58. The van der Waals surface area contributed by atoms with Crippen LogP contribution in [0.2, 0.25) is 0 Å². The van der Waals surface area contributed by atoms with Gasteiger partial charge in [-0.2, -0.15) is 0 Å². The van der Waals surface area contributed by atoms with Crippen molar-refractivity contribution in [2.45, 2.75) is 19.4 Å². The van der Waals surface area contributed by atoms with Gasteiger partial charge < -0.3 is 25.0 Å². The van der Waals surface area contributed by atoms with E-state index in [4.69, 9.17) is 9.47 Å². The predicted octanol–water partition coefficient (Wildman–Crippen LogP) is 3.98. The normalized spacial score (nSPS) is 13.4. The van der Waals surface area contributed by atoms with Gasteiger partial charge >= 0.3 is 0 Å². The second-order valence-electron chi connectivity index (χ2n) is 8.10. The lowest BCUT2D eigenvalue weighted by Crippen LogP contribution is -2.34. The molecule has 1 saturated heterocycles. The highest BCUT2D eigenvalue weighted by molar-refractivity contribution is 7.10. The van der Waals surface area contributed by atoms with Crippen LogP contribution in [0.15, 0.2) is 65.7 Å². The van der Waals surface area contributed by atoms with Crippen molar-refractivity contribution in [3.8, 4) is 11.5 Å². The monoisotopic (exact) mass is 505 g/mol. The number of nitrogens with one attached hydrogen (secondary N) is 2. The van der Waals surface area contributed by atoms with Gasteiger partial charge in [0.25, 0.3) is 11.8 Å². The molecule has 3 amide bonds. The highest BCUT2D eigenvalue weighted by Crippen LogP contribution is 2.27. The lowest BCUT2D eigenvalue weighted by molar-refractivity contribution is -0.118. The van der Waals surface area contributed by atoms with E-state index < -0.39 is 11.8 Å². The molecule has 4 rings (SSSR count). The zero-order valence-corrected chi connectivity index (χ0v) is 20.9. The fourth-order valence-corrected chi connectivity index (χ4v) is 4.54. The summed E-state index contributed by atoms with van der Waals surface area (Å²) in [6, 6.07) is 16.1. The Hall–Kier alpha value is -4.11. The molecule has 0 aliphatic carbocycles. The number of anilines is 1. The number of benzene rings is 2. The Balaban J connectivity index is 1.49. The summed E-state index contributed by atoms with van der Waals surface area (Å²) in [6.07, 6.45) is 3.03. The van der Waals surface area contributed by atoms with Gasteiger partial charge in [0.1, 0.15) is 5.70 Å². The van der Waals surface area contributed by atoms with Gasteiger partial charge in [-0.3, -0.25) is 14.4 Å². The minimum atomic E-state index is -0.455. The van der Waals surface area contributed by atoms with E-state index in [2.05, 4.69) is 10.6 Å². The molecule has 2 aromatic carbocycles. The number of methoxy groups -OCH3 is 2. The fourth-order valence-electron chi connectivity index (χ4n) is 3.88. The average molecular weight is 506 g/mol. The van der Waals surface area contributed by atoms with Crippen LogP contribution in [-0.4, -0.2) is 38.5 Å². The van der Waals surface area contributed by atoms with Gasteiger partial charge in [0.15, 0.2) is 11.5 Å². The maximum Gasteiger partial charge on any atom is 0.268 e. The third kappa shape index (κ3) is 5.92. The van der Waals surface area contributed by atoms with E-state index in [-0.39, 0.29) is 18.1 Å². The van der Waals surface area contributed by atoms with E-state index >= 15 is 0 Å². The molecule has 0 radical (unpaired) electrons. The van der Waals surface area contributed by atoms with Crippen molar-refractivity contribution in [3.05, 3.63) is 81.7 Å². The van der Waals surface area contributed by atoms with Gasteiger partial charge in [-0.25, -0.2) is 0 Å². The van der Waals surface area contributed by atoms with Crippen LogP contribution in [0.25, 0.3) is 6.08 Å². The summed E-state index contributed by atoms with van der Waals surface area (Å²) < 4.78 is 10.5. The molecule has 1 aromatic heterocycles. The first-order valence-corrected chi connectivity index (χ1v) is 12.3. The third-order valence-electron chi connectivity index (χ3n) is 5.72. The Morgan fingerprint density at radius 1 is 1.06 bits per heavy atom. The first-order valence-electron chi connectivity index (χ1n) is 11.4. The molecule has 8 nitrogen and oxygen atoms in total. The van der Waals surface area contributed by atoms with Crippen molar-refractivity contribution in [3.63, 3.8) is 0 Å². The van der Waals surface area contributed by atoms with Crippen molar-refractivity contribution in [1.82, 2.24) is 10.6 Å². The minimum Gasteiger partial charge on any atom is -0.493 e. The van der Waals surface area contributed by atoms with E-state index in [1.807, 2.05) is 41.8 Å². The number of hydrogen-bond donors (Lipinski definition) is 2. The molecular weight excluding hydrogens is 478 g/mol. The highest BCUT2D eigenvalue weighted by atomic mass is 32.1. The van der Waals surface area contributed by atoms with Crippen LogP contribution in [0.3, 0.4) is 0 Å². The van der Waals surface area contributed by atoms with Gasteiger partial charge in [0.05, 0.1) is 14.2 Å². The molecule has 0 saturated carbocycles. The first-order chi connectivity index (χ1) is 17.5. The quantitative estimate of drug-likeness (QED) is 0.429. The van der Waals surface area contributed by atoms with Crippen molar-refractivity contribution >= 4 is 40.8 Å². The van der Waals surface area contributed by atoms with E-state index in [9.17, 15) is 14.4 Å². The maximum atomic E-state index is 13.1. The fraction of sp³-hybridized carbons (Fsp3) is 0.222. The van der Waals surface area contributed by atoms with Crippen LogP contribution < -0.4 is 25.0 Å². The molecular formula is C27H27N3O5S. The molecule has 3 aromatic rings. The van der Waals surface area contributed by atoms with Crippen LogP contribution in [0.1, 0.15) is 33.6 Å². The molecule has 0 unspecified atom stereocenters. The van der Waals surface area contributed by atoms with Crippen LogP contribution in [0, 0.1) is 0 Å². The van der Waals surface area contributed by atoms with Gasteiger partial charge in [-0.1, -0.05) is 18.2 Å². The molecule has 1 aliphatic rings. The van der Waals surface area contributed by atoms with Crippen LogP contribution in [0.5, 0.6) is 11.5 Å². The maximum absolute atomic E-state index is 13.1. The number of hydrogen-bond acceptors (Lipinski definition) is 6. The molecule has 1 fully saturated rings. The topological polar surface area (TPSA) is 97.0 Å². The second kappa shape index (κ2) is 11.5. The molecule has 2 heterocycles. The third-order valence-corrected chi connectivity index (χ3v) is 6.54. The second-order valence-corrected chi connectivity index (χ2v) is 9.08. The van der Waals surface area contributed by atoms with Gasteiger partial charge in [-0.05, 0) is 59.8 Å². The molecule has 0 bridgehead atoms. The van der Waals surface area contributed by atoms with Crippen molar-refractivity contribution in [2.24, 2.45) is 0 Å².